The Morgan fingerprint density at radius 1 is 1.00 bits per heavy atom. The number of aryl methyl sites for hydroxylation is 1. The molecule has 0 saturated carbocycles. The molecule has 2 nitrogen and oxygen atoms in total. The van der Waals surface area contributed by atoms with Gasteiger partial charge in [-0.1, -0.05) is 56.9 Å². The Bertz CT molecular complexity index is 471. The third-order valence-corrected chi connectivity index (χ3v) is 4.58. The van der Waals surface area contributed by atoms with E-state index in [2.05, 4.69) is 50.3 Å². The fourth-order valence-electron chi connectivity index (χ4n) is 2.72. The fourth-order valence-corrected chi connectivity index (χ4v) is 2.72. The maximum Gasteiger partial charge on any atom is 0.123 e. The summed E-state index contributed by atoms with van der Waals surface area (Å²) in [5.74, 6) is 0.943. The van der Waals surface area contributed by atoms with E-state index < -0.39 is 0 Å². The second-order valence-corrected chi connectivity index (χ2v) is 7.24. The lowest BCUT2D eigenvalue weighted by atomic mass is 10.1. The summed E-state index contributed by atoms with van der Waals surface area (Å²) < 4.78 is 11.1. The Morgan fingerprint density at radius 2 is 1.67 bits per heavy atom. The highest BCUT2D eigenvalue weighted by Gasteiger charge is 2.40. The van der Waals surface area contributed by atoms with E-state index in [9.17, 15) is 0 Å². The van der Waals surface area contributed by atoms with Gasteiger partial charge < -0.3 is 9.47 Å². The zero-order valence-corrected chi connectivity index (χ0v) is 15.6. The van der Waals surface area contributed by atoms with E-state index >= 15 is 0 Å². The van der Waals surface area contributed by atoms with Crippen LogP contribution < -0.4 is 4.74 Å². The number of allylic oxidation sites excluding steroid dienone is 2. The van der Waals surface area contributed by atoms with E-state index in [0.717, 1.165) is 18.8 Å². The predicted octanol–water partition coefficient (Wildman–Crippen LogP) is 6.09. The zero-order chi connectivity index (χ0) is 17.1. The molecular weight excluding hydrogens is 296 g/mol. The monoisotopic (exact) mass is 330 g/mol. The molecule has 1 atom stereocenters. The number of ether oxygens (including phenoxy) is 2. The van der Waals surface area contributed by atoms with Gasteiger partial charge >= 0.3 is 0 Å². The molecule has 24 heavy (non-hydrogen) atoms. The van der Waals surface area contributed by atoms with Crippen LogP contribution in [0.15, 0.2) is 36.4 Å². The first-order chi connectivity index (χ1) is 11.7. The van der Waals surface area contributed by atoms with Crippen LogP contribution in [-0.4, -0.2) is 18.8 Å². The van der Waals surface area contributed by atoms with Crippen molar-refractivity contribution in [3.05, 3.63) is 42.0 Å². The molecule has 1 aromatic carbocycles. The van der Waals surface area contributed by atoms with Crippen molar-refractivity contribution in [1.82, 2.24) is 0 Å². The second-order valence-electron chi connectivity index (χ2n) is 7.24. The summed E-state index contributed by atoms with van der Waals surface area (Å²) in [6.07, 6.45) is 16.4. The van der Waals surface area contributed by atoms with Gasteiger partial charge in [0.25, 0.3) is 0 Å². The topological polar surface area (TPSA) is 21.8 Å². The molecule has 0 N–H and O–H groups in total. The van der Waals surface area contributed by atoms with Gasteiger partial charge in [-0.15, -0.1) is 0 Å². The molecule has 0 amide bonds. The third-order valence-electron chi connectivity index (χ3n) is 4.58. The SMILES string of the molecule is CCCCCCC/C=C/CCCc1ccc(OCC2(C)CO2)cc1. The van der Waals surface area contributed by atoms with Gasteiger partial charge in [0.1, 0.15) is 18.0 Å². The number of hydrogen-bond acceptors (Lipinski definition) is 2. The molecule has 1 fully saturated rings. The molecule has 2 heteroatoms. The molecule has 134 valence electrons. The lowest BCUT2D eigenvalue weighted by molar-refractivity contribution is 0.202. The summed E-state index contributed by atoms with van der Waals surface area (Å²) in [5, 5.41) is 0. The lowest BCUT2D eigenvalue weighted by Crippen LogP contribution is -2.16. The van der Waals surface area contributed by atoms with E-state index in [1.54, 1.807) is 0 Å². The molecule has 0 aromatic heterocycles. The van der Waals surface area contributed by atoms with Crippen LogP contribution in [0.3, 0.4) is 0 Å². The average molecular weight is 331 g/mol. The Labute approximate surface area is 148 Å². The maximum absolute atomic E-state index is 5.76. The summed E-state index contributed by atoms with van der Waals surface area (Å²) in [7, 11) is 0. The summed E-state index contributed by atoms with van der Waals surface area (Å²) in [5.41, 5.74) is 1.35. The van der Waals surface area contributed by atoms with Crippen LogP contribution in [0.1, 0.15) is 70.8 Å². The van der Waals surface area contributed by atoms with Gasteiger partial charge in [0.05, 0.1) is 6.61 Å². The van der Waals surface area contributed by atoms with Crippen LogP contribution in [0.4, 0.5) is 0 Å². The molecule has 2 rings (SSSR count). The Kier molecular flexibility index (Phi) is 8.38. The van der Waals surface area contributed by atoms with Crippen molar-refractivity contribution >= 4 is 0 Å². The van der Waals surface area contributed by atoms with Gasteiger partial charge in [-0.25, -0.2) is 0 Å². The number of epoxide rings is 1. The normalized spacial score (nSPS) is 19.8. The molecule has 0 bridgehead atoms. The molecule has 1 aliphatic rings. The largest absolute Gasteiger partial charge is 0.491 e. The van der Waals surface area contributed by atoms with Crippen molar-refractivity contribution in [2.75, 3.05) is 13.2 Å². The Morgan fingerprint density at radius 3 is 2.33 bits per heavy atom. The highest BCUT2D eigenvalue weighted by Crippen LogP contribution is 2.27. The molecule has 0 aliphatic carbocycles. The first kappa shape index (κ1) is 19.1. The van der Waals surface area contributed by atoms with Crippen LogP contribution >= 0.6 is 0 Å². The quantitative estimate of drug-likeness (QED) is 0.248. The molecule has 1 saturated heterocycles. The summed E-state index contributed by atoms with van der Waals surface area (Å²) in [6, 6.07) is 8.52. The van der Waals surface area contributed by atoms with Crippen LogP contribution in [0.2, 0.25) is 0 Å². The van der Waals surface area contributed by atoms with Crippen molar-refractivity contribution in [2.45, 2.75) is 77.2 Å². The van der Waals surface area contributed by atoms with E-state index in [4.69, 9.17) is 9.47 Å². The molecule has 1 unspecified atom stereocenters. The van der Waals surface area contributed by atoms with Crippen molar-refractivity contribution in [3.63, 3.8) is 0 Å². The molecule has 0 radical (unpaired) electrons. The predicted molar refractivity (Wildman–Crippen MR) is 102 cm³/mol. The maximum atomic E-state index is 5.76. The number of benzene rings is 1. The lowest BCUT2D eigenvalue weighted by Gasteiger charge is -2.09. The second kappa shape index (κ2) is 10.6. The minimum absolute atomic E-state index is 0.0407. The van der Waals surface area contributed by atoms with Crippen molar-refractivity contribution in [2.24, 2.45) is 0 Å². The number of rotatable bonds is 13. The van der Waals surface area contributed by atoms with Crippen molar-refractivity contribution < 1.29 is 9.47 Å². The van der Waals surface area contributed by atoms with Crippen LogP contribution in [-0.2, 0) is 11.2 Å². The minimum atomic E-state index is -0.0407. The van der Waals surface area contributed by atoms with Gasteiger partial charge in [0.15, 0.2) is 0 Å². The average Bonchev–Trinajstić information content (AvgIpc) is 3.34. The van der Waals surface area contributed by atoms with Crippen LogP contribution in [0.25, 0.3) is 0 Å². The van der Waals surface area contributed by atoms with Gasteiger partial charge in [0, 0.05) is 0 Å². The number of unbranched alkanes of at least 4 members (excludes halogenated alkanes) is 6. The van der Waals surface area contributed by atoms with E-state index in [-0.39, 0.29) is 5.60 Å². The first-order valence-electron chi connectivity index (χ1n) is 9.72. The van der Waals surface area contributed by atoms with Gasteiger partial charge in [-0.3, -0.25) is 0 Å². The van der Waals surface area contributed by atoms with Crippen LogP contribution in [0.5, 0.6) is 5.75 Å². The minimum Gasteiger partial charge on any atom is -0.491 e. The van der Waals surface area contributed by atoms with Gasteiger partial charge in [-0.05, 0) is 56.7 Å². The first-order valence-corrected chi connectivity index (χ1v) is 9.72. The highest BCUT2D eigenvalue weighted by molar-refractivity contribution is 5.27. The molecule has 1 heterocycles. The standard InChI is InChI=1S/C22H34O2/c1-3-4-5-6-7-8-9-10-11-12-13-20-14-16-21(17-15-20)23-18-22(2)19-24-22/h9-10,14-17H,3-8,11-13,18-19H2,1-2H3/b10-9+. The Balaban J connectivity index is 1.51. The summed E-state index contributed by atoms with van der Waals surface area (Å²) in [6.45, 7) is 5.82. The van der Waals surface area contributed by atoms with Crippen molar-refractivity contribution in [3.8, 4) is 5.75 Å². The fraction of sp³-hybridized carbons (Fsp3) is 0.636. The van der Waals surface area contributed by atoms with E-state index in [1.165, 1.54) is 56.9 Å². The third kappa shape index (κ3) is 8.01. The molecule has 1 aliphatic heterocycles. The Hall–Kier alpha value is -1.28. The van der Waals surface area contributed by atoms with Crippen molar-refractivity contribution in [1.29, 1.82) is 0 Å². The molecular formula is C22H34O2. The van der Waals surface area contributed by atoms with E-state index in [1.807, 2.05) is 0 Å². The highest BCUT2D eigenvalue weighted by atomic mass is 16.6. The number of hydrogen-bond donors (Lipinski definition) is 0. The summed E-state index contributed by atoms with van der Waals surface area (Å²) in [4.78, 5) is 0. The molecule has 1 aromatic rings. The van der Waals surface area contributed by atoms with Gasteiger partial charge in [0.2, 0.25) is 0 Å². The molecule has 0 spiro atoms. The smallest absolute Gasteiger partial charge is 0.123 e. The van der Waals surface area contributed by atoms with Gasteiger partial charge in [-0.2, -0.15) is 0 Å². The summed E-state index contributed by atoms with van der Waals surface area (Å²) >= 11 is 0. The van der Waals surface area contributed by atoms with E-state index in [0.29, 0.717) is 6.61 Å². The zero-order valence-electron chi connectivity index (χ0n) is 15.6. The van der Waals surface area contributed by atoms with Crippen LogP contribution in [0, 0.1) is 0 Å².